The van der Waals surface area contributed by atoms with Gasteiger partial charge in [-0.3, -0.25) is 4.79 Å². The first kappa shape index (κ1) is 16.8. The molecule has 0 spiro atoms. The Balaban J connectivity index is 1.79. The van der Waals surface area contributed by atoms with Crippen molar-refractivity contribution in [2.24, 2.45) is 23.2 Å². The second-order valence-electron chi connectivity index (χ2n) is 8.37. The van der Waals surface area contributed by atoms with Crippen LogP contribution in [-0.4, -0.2) is 37.5 Å². The van der Waals surface area contributed by atoms with Crippen molar-refractivity contribution in [3.05, 3.63) is 0 Å². The van der Waals surface area contributed by atoms with E-state index in [4.69, 9.17) is 0 Å². The van der Waals surface area contributed by atoms with Gasteiger partial charge in [0, 0.05) is 19.5 Å². The van der Waals surface area contributed by atoms with Crippen LogP contribution in [0.25, 0.3) is 0 Å². The monoisotopic (exact) mass is 294 g/mol. The largest absolute Gasteiger partial charge is 0.343 e. The Labute approximate surface area is 130 Å². The van der Waals surface area contributed by atoms with E-state index in [2.05, 4.69) is 31.0 Å². The predicted molar refractivity (Wildman–Crippen MR) is 88.1 cm³/mol. The number of carbonyl (C=O) groups is 1. The first-order valence-corrected chi connectivity index (χ1v) is 8.82. The Morgan fingerprint density at radius 3 is 2.43 bits per heavy atom. The topological polar surface area (TPSA) is 32.3 Å². The number of rotatable bonds is 4. The minimum atomic E-state index is 0.410. The minimum absolute atomic E-state index is 0.410. The molecule has 0 aromatic rings. The quantitative estimate of drug-likeness (QED) is 0.863. The average molecular weight is 294 g/mol. The van der Waals surface area contributed by atoms with Crippen molar-refractivity contribution in [1.29, 1.82) is 0 Å². The van der Waals surface area contributed by atoms with Gasteiger partial charge in [0.05, 0.1) is 0 Å². The number of nitrogens with zero attached hydrogens (tertiary/aromatic N) is 1. The molecule has 2 aliphatic rings. The lowest BCUT2D eigenvalue weighted by Crippen LogP contribution is -2.41. The van der Waals surface area contributed by atoms with Crippen molar-refractivity contribution >= 4 is 5.91 Å². The molecule has 2 atom stereocenters. The highest BCUT2D eigenvalue weighted by molar-refractivity contribution is 5.76. The van der Waals surface area contributed by atoms with Crippen LogP contribution < -0.4 is 5.32 Å². The molecule has 0 radical (unpaired) electrons. The summed E-state index contributed by atoms with van der Waals surface area (Å²) in [5, 5.41) is 3.26. The molecule has 1 aliphatic heterocycles. The third-order valence-corrected chi connectivity index (χ3v) is 5.40. The number of piperidine rings is 1. The van der Waals surface area contributed by atoms with Gasteiger partial charge < -0.3 is 10.2 Å². The zero-order valence-electron chi connectivity index (χ0n) is 14.5. The zero-order valence-corrected chi connectivity index (χ0v) is 14.5. The van der Waals surface area contributed by atoms with Crippen molar-refractivity contribution in [2.45, 2.75) is 59.3 Å². The summed E-state index contributed by atoms with van der Waals surface area (Å²) in [7, 11) is 2.02. The van der Waals surface area contributed by atoms with Crippen LogP contribution >= 0.6 is 0 Å². The molecule has 21 heavy (non-hydrogen) atoms. The fraction of sp³-hybridized carbons (Fsp3) is 0.944. The van der Waals surface area contributed by atoms with Gasteiger partial charge in [0.1, 0.15) is 0 Å². The van der Waals surface area contributed by atoms with E-state index in [0.717, 1.165) is 37.9 Å². The Bertz CT molecular complexity index is 345. The van der Waals surface area contributed by atoms with Gasteiger partial charge in [0.25, 0.3) is 0 Å². The Morgan fingerprint density at radius 1 is 1.19 bits per heavy atom. The predicted octanol–water partition coefficient (Wildman–Crippen LogP) is 3.30. The molecule has 2 rings (SSSR count). The number of likely N-dealkylation sites (tertiary alicyclic amines) is 1. The molecule has 0 aromatic carbocycles. The van der Waals surface area contributed by atoms with Crippen LogP contribution in [0, 0.1) is 23.2 Å². The van der Waals surface area contributed by atoms with E-state index in [1.54, 1.807) is 0 Å². The maximum absolute atomic E-state index is 12.6. The third kappa shape index (κ3) is 4.98. The van der Waals surface area contributed by atoms with E-state index in [0.29, 0.717) is 17.2 Å². The minimum Gasteiger partial charge on any atom is -0.343 e. The molecular formula is C18H34N2O. The highest BCUT2D eigenvalue weighted by atomic mass is 16.2. The summed E-state index contributed by atoms with van der Waals surface area (Å²) in [5.74, 6) is 2.54. The van der Waals surface area contributed by atoms with Gasteiger partial charge in [-0.2, -0.15) is 0 Å². The Kier molecular flexibility index (Phi) is 5.70. The Hall–Kier alpha value is -0.570. The second kappa shape index (κ2) is 7.13. The SMILES string of the molecule is CNCC1CCN(C(=O)CC2CC(C)CC(C)(C)C2)CC1. The van der Waals surface area contributed by atoms with Gasteiger partial charge in [-0.05, 0) is 68.9 Å². The normalized spacial score (nSPS) is 30.4. The van der Waals surface area contributed by atoms with Crippen LogP contribution in [-0.2, 0) is 4.79 Å². The van der Waals surface area contributed by atoms with Gasteiger partial charge in [-0.25, -0.2) is 0 Å². The van der Waals surface area contributed by atoms with E-state index in [-0.39, 0.29) is 0 Å². The summed E-state index contributed by atoms with van der Waals surface area (Å²) >= 11 is 0. The first-order valence-electron chi connectivity index (χ1n) is 8.82. The maximum atomic E-state index is 12.6. The molecule has 1 saturated carbocycles. The molecule has 0 aromatic heterocycles. The van der Waals surface area contributed by atoms with Crippen molar-refractivity contribution in [1.82, 2.24) is 10.2 Å². The Morgan fingerprint density at radius 2 is 1.86 bits per heavy atom. The van der Waals surface area contributed by atoms with E-state index in [1.165, 1.54) is 32.1 Å². The molecule has 1 saturated heterocycles. The molecule has 2 fully saturated rings. The molecule has 3 heteroatoms. The highest BCUT2D eigenvalue weighted by Gasteiger charge is 2.34. The second-order valence-corrected chi connectivity index (χ2v) is 8.37. The first-order chi connectivity index (χ1) is 9.89. The molecule has 122 valence electrons. The molecule has 0 bridgehead atoms. The van der Waals surface area contributed by atoms with Crippen LogP contribution in [0.4, 0.5) is 0 Å². The molecular weight excluding hydrogens is 260 g/mol. The molecule has 1 amide bonds. The number of amides is 1. The maximum Gasteiger partial charge on any atom is 0.222 e. The van der Waals surface area contributed by atoms with Crippen molar-refractivity contribution in [3.8, 4) is 0 Å². The molecule has 3 nitrogen and oxygen atoms in total. The van der Waals surface area contributed by atoms with Gasteiger partial charge in [0.15, 0.2) is 0 Å². The van der Waals surface area contributed by atoms with Crippen LogP contribution in [0.3, 0.4) is 0 Å². The zero-order chi connectivity index (χ0) is 15.5. The number of carbonyl (C=O) groups excluding carboxylic acids is 1. The summed E-state index contributed by atoms with van der Waals surface area (Å²) in [6, 6.07) is 0. The third-order valence-electron chi connectivity index (χ3n) is 5.40. The lowest BCUT2D eigenvalue weighted by Gasteiger charge is -2.40. The number of nitrogens with one attached hydrogen (secondary N) is 1. The summed E-state index contributed by atoms with van der Waals surface area (Å²) in [4.78, 5) is 14.7. The van der Waals surface area contributed by atoms with Crippen molar-refractivity contribution < 1.29 is 4.79 Å². The number of hydrogen-bond acceptors (Lipinski definition) is 2. The fourth-order valence-electron chi connectivity index (χ4n) is 4.75. The smallest absolute Gasteiger partial charge is 0.222 e. The lowest BCUT2D eigenvalue weighted by molar-refractivity contribution is -0.134. The van der Waals surface area contributed by atoms with Gasteiger partial charge in [0.2, 0.25) is 5.91 Å². The standard InChI is InChI=1S/C18H34N2O/c1-14-9-16(12-18(2,3)11-14)10-17(21)20-7-5-15(6-8-20)13-19-4/h14-16,19H,5-13H2,1-4H3. The summed E-state index contributed by atoms with van der Waals surface area (Å²) in [6.45, 7) is 10.1. The van der Waals surface area contributed by atoms with Crippen molar-refractivity contribution in [3.63, 3.8) is 0 Å². The van der Waals surface area contributed by atoms with Gasteiger partial charge >= 0.3 is 0 Å². The van der Waals surface area contributed by atoms with Crippen LogP contribution in [0.5, 0.6) is 0 Å². The summed E-state index contributed by atoms with van der Waals surface area (Å²) < 4.78 is 0. The molecule has 2 unspecified atom stereocenters. The molecule has 1 heterocycles. The summed E-state index contributed by atoms with van der Waals surface area (Å²) in [6.07, 6.45) is 6.89. The van der Waals surface area contributed by atoms with Crippen LogP contribution in [0.1, 0.15) is 59.3 Å². The number of hydrogen-bond donors (Lipinski definition) is 1. The lowest BCUT2D eigenvalue weighted by atomic mass is 9.67. The van der Waals surface area contributed by atoms with E-state index < -0.39 is 0 Å². The van der Waals surface area contributed by atoms with Crippen molar-refractivity contribution in [2.75, 3.05) is 26.7 Å². The fourth-order valence-corrected chi connectivity index (χ4v) is 4.75. The van der Waals surface area contributed by atoms with Gasteiger partial charge in [-0.15, -0.1) is 0 Å². The van der Waals surface area contributed by atoms with E-state index in [1.807, 2.05) is 7.05 Å². The van der Waals surface area contributed by atoms with Crippen LogP contribution in [0.15, 0.2) is 0 Å². The summed E-state index contributed by atoms with van der Waals surface area (Å²) in [5.41, 5.74) is 0.419. The van der Waals surface area contributed by atoms with Gasteiger partial charge in [-0.1, -0.05) is 20.8 Å². The molecule has 1 N–H and O–H groups in total. The average Bonchev–Trinajstić information content (AvgIpc) is 2.37. The van der Waals surface area contributed by atoms with Crippen LogP contribution in [0.2, 0.25) is 0 Å². The molecule has 1 aliphatic carbocycles. The van der Waals surface area contributed by atoms with E-state index >= 15 is 0 Å². The highest BCUT2D eigenvalue weighted by Crippen LogP contribution is 2.43. The van der Waals surface area contributed by atoms with E-state index in [9.17, 15) is 4.79 Å².